The number of hydrogen-bond donors (Lipinski definition) is 1. The second kappa shape index (κ2) is 6.35. The maximum Gasteiger partial charge on any atom is 0.229 e. The summed E-state index contributed by atoms with van der Waals surface area (Å²) < 4.78 is 1.82. The van der Waals surface area contributed by atoms with E-state index in [2.05, 4.69) is 47.4 Å². The van der Waals surface area contributed by atoms with Gasteiger partial charge in [0, 0.05) is 25.8 Å². The summed E-state index contributed by atoms with van der Waals surface area (Å²) in [7, 11) is 1.93. The largest absolute Gasteiger partial charge is 0.341 e. The van der Waals surface area contributed by atoms with Crippen LogP contribution in [-0.2, 0) is 7.05 Å². The quantitative estimate of drug-likeness (QED) is 0.790. The molecular weight excluding hydrogens is 312 g/mol. The standard InChI is InChI=1S/C19H24N6/c1-13-7-8-16(14(2)11-13)21-17-15-12-20-24(3)18(15)23-19(22-17)25-9-5-4-6-10-25/h7-8,11-12H,4-6,9-10H2,1-3H3,(H,21,22,23). The maximum absolute atomic E-state index is 4.85. The molecule has 0 atom stereocenters. The summed E-state index contributed by atoms with van der Waals surface area (Å²) in [6, 6.07) is 6.40. The Morgan fingerprint density at radius 2 is 1.84 bits per heavy atom. The minimum atomic E-state index is 0.795. The Morgan fingerprint density at radius 1 is 1.04 bits per heavy atom. The summed E-state index contributed by atoms with van der Waals surface area (Å²) in [6.07, 6.45) is 5.53. The lowest BCUT2D eigenvalue weighted by Crippen LogP contribution is -2.31. The van der Waals surface area contributed by atoms with Gasteiger partial charge in [0.25, 0.3) is 0 Å². The molecule has 4 rings (SSSR count). The first-order valence-electron chi connectivity index (χ1n) is 8.91. The fourth-order valence-corrected chi connectivity index (χ4v) is 3.42. The van der Waals surface area contributed by atoms with Gasteiger partial charge >= 0.3 is 0 Å². The Morgan fingerprint density at radius 3 is 2.60 bits per heavy atom. The first-order chi connectivity index (χ1) is 12.1. The Bertz CT molecular complexity index is 908. The van der Waals surface area contributed by atoms with E-state index in [0.29, 0.717) is 0 Å². The molecule has 0 radical (unpaired) electrons. The Hall–Kier alpha value is -2.63. The van der Waals surface area contributed by atoms with E-state index in [1.165, 1.54) is 30.4 Å². The van der Waals surface area contributed by atoms with Gasteiger partial charge in [-0.3, -0.25) is 4.68 Å². The van der Waals surface area contributed by atoms with E-state index < -0.39 is 0 Å². The average molecular weight is 336 g/mol. The van der Waals surface area contributed by atoms with E-state index in [0.717, 1.165) is 41.6 Å². The Labute approximate surface area is 147 Å². The molecule has 6 nitrogen and oxygen atoms in total. The lowest BCUT2D eigenvalue weighted by Gasteiger charge is -2.27. The summed E-state index contributed by atoms with van der Waals surface area (Å²) in [5, 5.41) is 8.83. The highest BCUT2D eigenvalue weighted by Gasteiger charge is 2.18. The van der Waals surface area contributed by atoms with Gasteiger partial charge in [-0.05, 0) is 44.7 Å². The van der Waals surface area contributed by atoms with Gasteiger partial charge in [0.05, 0.1) is 11.6 Å². The van der Waals surface area contributed by atoms with Crippen LogP contribution < -0.4 is 10.2 Å². The molecule has 25 heavy (non-hydrogen) atoms. The van der Waals surface area contributed by atoms with Crippen LogP contribution in [0.3, 0.4) is 0 Å². The van der Waals surface area contributed by atoms with Crippen molar-refractivity contribution in [3.63, 3.8) is 0 Å². The highest BCUT2D eigenvalue weighted by Crippen LogP contribution is 2.28. The predicted molar refractivity (Wildman–Crippen MR) is 102 cm³/mol. The number of nitrogens with zero attached hydrogens (tertiary/aromatic N) is 5. The van der Waals surface area contributed by atoms with E-state index in [4.69, 9.17) is 9.97 Å². The summed E-state index contributed by atoms with van der Waals surface area (Å²) >= 11 is 0. The van der Waals surface area contributed by atoms with Crippen LogP contribution in [0.4, 0.5) is 17.5 Å². The van der Waals surface area contributed by atoms with Crippen LogP contribution in [0, 0.1) is 13.8 Å². The molecule has 130 valence electrons. The minimum Gasteiger partial charge on any atom is -0.341 e. The number of aryl methyl sites for hydroxylation is 3. The van der Waals surface area contributed by atoms with Gasteiger partial charge in [0.2, 0.25) is 5.95 Å². The third kappa shape index (κ3) is 3.04. The van der Waals surface area contributed by atoms with Crippen molar-refractivity contribution in [2.75, 3.05) is 23.3 Å². The summed E-state index contributed by atoms with van der Waals surface area (Å²) in [5.41, 5.74) is 4.39. The highest BCUT2D eigenvalue weighted by molar-refractivity contribution is 5.89. The number of hydrogen-bond acceptors (Lipinski definition) is 5. The molecule has 1 fully saturated rings. The first kappa shape index (κ1) is 15.9. The van der Waals surface area contributed by atoms with Gasteiger partial charge < -0.3 is 10.2 Å². The number of nitrogens with one attached hydrogen (secondary N) is 1. The molecule has 2 aromatic heterocycles. The van der Waals surface area contributed by atoms with Crippen LogP contribution in [0.15, 0.2) is 24.4 Å². The molecule has 1 aliphatic rings. The molecule has 1 saturated heterocycles. The molecule has 0 bridgehead atoms. The molecule has 6 heteroatoms. The average Bonchev–Trinajstić information content (AvgIpc) is 2.99. The lowest BCUT2D eigenvalue weighted by molar-refractivity contribution is 0.568. The maximum atomic E-state index is 4.85. The molecule has 1 aromatic carbocycles. The first-order valence-corrected chi connectivity index (χ1v) is 8.91. The smallest absolute Gasteiger partial charge is 0.229 e. The van der Waals surface area contributed by atoms with Gasteiger partial charge in [-0.1, -0.05) is 17.7 Å². The van der Waals surface area contributed by atoms with E-state index in [-0.39, 0.29) is 0 Å². The van der Waals surface area contributed by atoms with E-state index in [9.17, 15) is 0 Å². The van der Waals surface area contributed by atoms with E-state index in [1.807, 2.05) is 17.9 Å². The number of fused-ring (bicyclic) bond motifs is 1. The predicted octanol–water partition coefficient (Wildman–Crippen LogP) is 3.71. The zero-order valence-corrected chi connectivity index (χ0v) is 15.1. The van der Waals surface area contributed by atoms with Crippen molar-refractivity contribution >= 4 is 28.5 Å². The number of piperidine rings is 1. The van der Waals surface area contributed by atoms with Crippen LogP contribution in [0.1, 0.15) is 30.4 Å². The molecule has 0 saturated carbocycles. The lowest BCUT2D eigenvalue weighted by atomic mass is 10.1. The van der Waals surface area contributed by atoms with Gasteiger partial charge in [-0.2, -0.15) is 15.1 Å². The molecule has 1 aliphatic heterocycles. The summed E-state index contributed by atoms with van der Waals surface area (Å²) in [4.78, 5) is 11.9. The van der Waals surface area contributed by atoms with Crippen molar-refractivity contribution in [3.05, 3.63) is 35.5 Å². The summed E-state index contributed by atoms with van der Waals surface area (Å²) in [5.74, 6) is 1.62. The summed E-state index contributed by atoms with van der Waals surface area (Å²) in [6.45, 7) is 6.26. The van der Waals surface area contributed by atoms with Gasteiger partial charge in [0.1, 0.15) is 5.82 Å². The van der Waals surface area contributed by atoms with Crippen molar-refractivity contribution in [2.45, 2.75) is 33.1 Å². The normalized spacial score (nSPS) is 14.9. The monoisotopic (exact) mass is 336 g/mol. The van der Waals surface area contributed by atoms with Crippen molar-refractivity contribution in [1.82, 2.24) is 19.7 Å². The van der Waals surface area contributed by atoms with Crippen molar-refractivity contribution in [2.24, 2.45) is 7.05 Å². The fraction of sp³-hybridized carbons (Fsp3) is 0.421. The molecule has 0 aliphatic carbocycles. The molecule has 0 unspecified atom stereocenters. The number of aromatic nitrogens is 4. The third-order valence-electron chi connectivity index (χ3n) is 4.85. The topological polar surface area (TPSA) is 58.9 Å². The van der Waals surface area contributed by atoms with Crippen LogP contribution in [0.2, 0.25) is 0 Å². The molecule has 0 spiro atoms. The zero-order valence-electron chi connectivity index (χ0n) is 15.1. The van der Waals surface area contributed by atoms with Gasteiger partial charge in [-0.15, -0.1) is 0 Å². The second-order valence-corrected chi connectivity index (χ2v) is 6.87. The Balaban J connectivity index is 1.78. The van der Waals surface area contributed by atoms with Gasteiger partial charge in [-0.25, -0.2) is 0 Å². The highest BCUT2D eigenvalue weighted by atomic mass is 15.3. The van der Waals surface area contributed by atoms with Crippen molar-refractivity contribution < 1.29 is 0 Å². The van der Waals surface area contributed by atoms with Crippen LogP contribution in [-0.4, -0.2) is 32.8 Å². The SMILES string of the molecule is Cc1ccc(Nc2nc(N3CCCCC3)nc3c2cnn3C)c(C)c1. The zero-order chi connectivity index (χ0) is 17.4. The molecule has 3 aromatic rings. The fourth-order valence-electron chi connectivity index (χ4n) is 3.42. The van der Waals surface area contributed by atoms with Crippen LogP contribution in [0.25, 0.3) is 11.0 Å². The molecular formula is C19H24N6. The van der Waals surface area contributed by atoms with E-state index in [1.54, 1.807) is 0 Å². The number of rotatable bonds is 3. The second-order valence-electron chi connectivity index (χ2n) is 6.87. The minimum absolute atomic E-state index is 0.795. The van der Waals surface area contributed by atoms with Gasteiger partial charge in [0.15, 0.2) is 5.65 Å². The van der Waals surface area contributed by atoms with Crippen LogP contribution >= 0.6 is 0 Å². The number of anilines is 3. The Kier molecular flexibility index (Phi) is 4.03. The molecule has 3 heterocycles. The number of benzene rings is 1. The van der Waals surface area contributed by atoms with Crippen molar-refractivity contribution in [3.8, 4) is 0 Å². The molecule has 0 amide bonds. The molecule has 1 N–H and O–H groups in total. The van der Waals surface area contributed by atoms with E-state index >= 15 is 0 Å². The van der Waals surface area contributed by atoms with Crippen molar-refractivity contribution in [1.29, 1.82) is 0 Å². The third-order valence-corrected chi connectivity index (χ3v) is 4.85. The van der Waals surface area contributed by atoms with Crippen LogP contribution in [0.5, 0.6) is 0 Å².